The standard InChI is InChI=1S/C13H12N2O5S/c1-20-7-6-14-12(16)11(21-13(14)17)8-9-2-4-10(5-3-9)15(18)19/h2-5,8H,6-7H2,1H3/b11-8+. The second-order valence-corrected chi connectivity index (χ2v) is 5.17. The smallest absolute Gasteiger partial charge is 0.293 e. The van der Waals surface area contributed by atoms with Crippen LogP contribution in [0.25, 0.3) is 6.08 Å². The van der Waals surface area contributed by atoms with Crippen molar-refractivity contribution in [3.63, 3.8) is 0 Å². The van der Waals surface area contributed by atoms with Crippen molar-refractivity contribution in [1.29, 1.82) is 0 Å². The van der Waals surface area contributed by atoms with Gasteiger partial charge in [0.05, 0.1) is 23.0 Å². The number of hydrogen-bond donors (Lipinski definition) is 0. The van der Waals surface area contributed by atoms with Crippen molar-refractivity contribution in [2.75, 3.05) is 20.3 Å². The number of benzene rings is 1. The molecule has 0 N–H and O–H groups in total. The number of hydrogen-bond acceptors (Lipinski definition) is 6. The van der Waals surface area contributed by atoms with Gasteiger partial charge in [0, 0.05) is 19.2 Å². The number of carbonyl (C=O) groups excluding carboxylic acids is 2. The van der Waals surface area contributed by atoms with Crippen molar-refractivity contribution in [2.24, 2.45) is 0 Å². The number of nitrogens with zero attached hydrogens (tertiary/aromatic N) is 2. The van der Waals surface area contributed by atoms with Gasteiger partial charge in [-0.05, 0) is 35.5 Å². The first-order valence-corrected chi connectivity index (χ1v) is 6.83. The number of nitro benzene ring substituents is 1. The Kier molecular flexibility index (Phi) is 4.71. The molecule has 0 radical (unpaired) electrons. The van der Waals surface area contributed by atoms with Crippen LogP contribution in [0.4, 0.5) is 10.5 Å². The Morgan fingerprint density at radius 3 is 2.57 bits per heavy atom. The molecule has 1 aliphatic heterocycles. The molecule has 0 bridgehead atoms. The molecule has 0 aliphatic carbocycles. The van der Waals surface area contributed by atoms with Gasteiger partial charge in [-0.3, -0.25) is 24.6 Å². The largest absolute Gasteiger partial charge is 0.383 e. The second-order valence-electron chi connectivity index (χ2n) is 4.17. The van der Waals surface area contributed by atoms with Crippen LogP contribution in [-0.2, 0) is 9.53 Å². The van der Waals surface area contributed by atoms with Crippen LogP contribution in [-0.4, -0.2) is 41.2 Å². The Balaban J connectivity index is 2.16. The van der Waals surface area contributed by atoms with E-state index in [1.54, 1.807) is 6.08 Å². The highest BCUT2D eigenvalue weighted by Gasteiger charge is 2.34. The molecule has 0 unspecified atom stereocenters. The molecule has 0 atom stereocenters. The Labute approximate surface area is 124 Å². The highest BCUT2D eigenvalue weighted by atomic mass is 32.2. The number of methoxy groups -OCH3 is 1. The van der Waals surface area contributed by atoms with Crippen LogP contribution in [0.2, 0.25) is 0 Å². The van der Waals surface area contributed by atoms with Gasteiger partial charge in [-0.15, -0.1) is 0 Å². The molecule has 7 nitrogen and oxygen atoms in total. The topological polar surface area (TPSA) is 89.8 Å². The second kappa shape index (κ2) is 6.51. The fourth-order valence-corrected chi connectivity index (χ4v) is 2.58. The molecular weight excluding hydrogens is 296 g/mol. The molecule has 0 aromatic heterocycles. The summed E-state index contributed by atoms with van der Waals surface area (Å²) in [4.78, 5) is 35.2. The first kappa shape index (κ1) is 15.2. The molecule has 2 rings (SSSR count). The van der Waals surface area contributed by atoms with Gasteiger partial charge in [0.15, 0.2) is 0 Å². The number of carbonyl (C=O) groups is 2. The maximum atomic E-state index is 12.1. The third-order valence-corrected chi connectivity index (χ3v) is 3.70. The van der Waals surface area contributed by atoms with Crippen LogP contribution in [0.5, 0.6) is 0 Å². The van der Waals surface area contributed by atoms with E-state index in [0.717, 1.165) is 16.7 Å². The number of non-ortho nitro benzene ring substituents is 1. The van der Waals surface area contributed by atoms with Gasteiger partial charge in [0.1, 0.15) is 0 Å². The lowest BCUT2D eigenvalue weighted by Gasteiger charge is -2.10. The minimum absolute atomic E-state index is 0.0275. The van der Waals surface area contributed by atoms with Gasteiger partial charge in [-0.2, -0.15) is 0 Å². The average molecular weight is 308 g/mol. The lowest BCUT2D eigenvalue weighted by atomic mass is 10.2. The van der Waals surface area contributed by atoms with E-state index in [1.807, 2.05) is 0 Å². The molecule has 1 aromatic rings. The normalized spacial score (nSPS) is 16.8. The summed E-state index contributed by atoms with van der Waals surface area (Å²) in [7, 11) is 1.49. The van der Waals surface area contributed by atoms with Gasteiger partial charge < -0.3 is 4.74 Å². The Hall–Kier alpha value is -2.19. The molecule has 0 spiro atoms. The maximum Gasteiger partial charge on any atom is 0.293 e. The van der Waals surface area contributed by atoms with E-state index in [1.165, 1.54) is 31.4 Å². The third kappa shape index (κ3) is 3.47. The molecule has 21 heavy (non-hydrogen) atoms. The number of amides is 2. The zero-order valence-corrected chi connectivity index (χ0v) is 12.0. The molecule has 1 heterocycles. The highest BCUT2D eigenvalue weighted by molar-refractivity contribution is 8.18. The summed E-state index contributed by atoms with van der Waals surface area (Å²) in [5.74, 6) is -0.375. The predicted molar refractivity (Wildman–Crippen MR) is 77.6 cm³/mol. The zero-order valence-electron chi connectivity index (χ0n) is 11.1. The Morgan fingerprint density at radius 1 is 1.33 bits per heavy atom. The van der Waals surface area contributed by atoms with Crippen LogP contribution in [0.3, 0.4) is 0 Å². The number of thioether (sulfide) groups is 1. The summed E-state index contributed by atoms with van der Waals surface area (Å²) >= 11 is 0.847. The summed E-state index contributed by atoms with van der Waals surface area (Å²) in [6.45, 7) is 0.488. The van der Waals surface area contributed by atoms with E-state index in [4.69, 9.17) is 4.74 Å². The molecule has 1 saturated heterocycles. The minimum atomic E-state index is -0.498. The minimum Gasteiger partial charge on any atom is -0.383 e. The molecular formula is C13H12N2O5S. The monoisotopic (exact) mass is 308 g/mol. The van der Waals surface area contributed by atoms with Crippen molar-refractivity contribution in [1.82, 2.24) is 4.90 Å². The number of nitro groups is 1. The zero-order chi connectivity index (χ0) is 15.4. The van der Waals surface area contributed by atoms with Crippen molar-refractivity contribution in [3.05, 3.63) is 44.8 Å². The summed E-state index contributed by atoms with van der Waals surface area (Å²) in [6, 6.07) is 5.75. The van der Waals surface area contributed by atoms with Crippen molar-refractivity contribution < 1.29 is 19.2 Å². The van der Waals surface area contributed by atoms with Crippen molar-refractivity contribution in [3.8, 4) is 0 Å². The van der Waals surface area contributed by atoms with Crippen LogP contribution in [0, 0.1) is 10.1 Å². The highest BCUT2D eigenvalue weighted by Crippen LogP contribution is 2.32. The first-order valence-electron chi connectivity index (χ1n) is 6.01. The quantitative estimate of drug-likeness (QED) is 0.471. The first-order chi connectivity index (χ1) is 10.0. The fraction of sp³-hybridized carbons (Fsp3) is 0.231. The number of imide groups is 1. The summed E-state index contributed by atoms with van der Waals surface area (Å²) < 4.78 is 4.85. The Bertz CT molecular complexity index is 611. The lowest BCUT2D eigenvalue weighted by Crippen LogP contribution is -2.31. The Morgan fingerprint density at radius 2 is 2.00 bits per heavy atom. The summed E-state index contributed by atoms with van der Waals surface area (Å²) in [5.41, 5.74) is 0.596. The lowest BCUT2D eigenvalue weighted by molar-refractivity contribution is -0.384. The van der Waals surface area contributed by atoms with Crippen molar-refractivity contribution in [2.45, 2.75) is 0 Å². The SMILES string of the molecule is COCCN1C(=O)S/C(=C/c2ccc([N+](=O)[O-])cc2)C1=O. The van der Waals surface area contributed by atoms with Crippen molar-refractivity contribution >= 4 is 34.7 Å². The third-order valence-electron chi connectivity index (χ3n) is 2.79. The molecule has 1 aromatic carbocycles. The maximum absolute atomic E-state index is 12.1. The molecule has 1 fully saturated rings. The van der Waals surface area contributed by atoms with Gasteiger partial charge in [0.25, 0.3) is 16.8 Å². The van der Waals surface area contributed by atoms with E-state index in [0.29, 0.717) is 10.5 Å². The van der Waals surface area contributed by atoms with Gasteiger partial charge in [-0.1, -0.05) is 0 Å². The molecule has 110 valence electrons. The average Bonchev–Trinajstić information content (AvgIpc) is 2.72. The van der Waals surface area contributed by atoms with E-state index in [2.05, 4.69) is 0 Å². The van der Waals surface area contributed by atoms with Crippen LogP contribution >= 0.6 is 11.8 Å². The van der Waals surface area contributed by atoms with Gasteiger partial charge in [0.2, 0.25) is 0 Å². The fourth-order valence-electron chi connectivity index (χ4n) is 1.72. The molecule has 0 saturated carbocycles. The van der Waals surface area contributed by atoms with Crippen LogP contribution in [0.15, 0.2) is 29.2 Å². The van der Waals surface area contributed by atoms with Crippen LogP contribution in [0.1, 0.15) is 5.56 Å². The van der Waals surface area contributed by atoms with Gasteiger partial charge >= 0.3 is 0 Å². The predicted octanol–water partition coefficient (Wildman–Crippen LogP) is 2.28. The van der Waals surface area contributed by atoms with E-state index < -0.39 is 4.92 Å². The summed E-state index contributed by atoms with van der Waals surface area (Å²) in [6.07, 6.45) is 1.54. The van der Waals surface area contributed by atoms with E-state index in [-0.39, 0.29) is 30.0 Å². The molecule has 1 aliphatic rings. The number of ether oxygens (including phenoxy) is 1. The molecule has 8 heteroatoms. The number of rotatable bonds is 5. The van der Waals surface area contributed by atoms with E-state index >= 15 is 0 Å². The van der Waals surface area contributed by atoms with E-state index in [9.17, 15) is 19.7 Å². The van der Waals surface area contributed by atoms with Crippen LogP contribution < -0.4 is 0 Å². The molecule has 2 amide bonds. The summed E-state index contributed by atoms with van der Waals surface area (Å²) in [5, 5.41) is 10.2. The van der Waals surface area contributed by atoms with Gasteiger partial charge in [-0.25, -0.2) is 0 Å².